The van der Waals surface area contributed by atoms with Crippen molar-refractivity contribution in [2.75, 3.05) is 19.0 Å². The average molecular weight is 334 g/mol. The van der Waals surface area contributed by atoms with Gasteiger partial charge in [0.15, 0.2) is 5.82 Å². The van der Waals surface area contributed by atoms with Gasteiger partial charge in [-0.15, -0.1) is 0 Å². The molecule has 0 aromatic heterocycles. The van der Waals surface area contributed by atoms with Crippen molar-refractivity contribution < 1.29 is 27.1 Å². The first-order valence-electron chi connectivity index (χ1n) is 7.21. The number of anilines is 1. The molecule has 0 unspecified atom stereocenters. The number of ether oxygens (including phenoxy) is 1. The zero-order chi connectivity index (χ0) is 17.1. The lowest BCUT2D eigenvalue weighted by Crippen LogP contribution is -2.51. The van der Waals surface area contributed by atoms with Crippen molar-refractivity contribution in [3.8, 4) is 0 Å². The van der Waals surface area contributed by atoms with E-state index in [1.54, 1.807) is 0 Å². The van der Waals surface area contributed by atoms with Crippen molar-refractivity contribution in [1.82, 2.24) is 5.32 Å². The summed E-state index contributed by atoms with van der Waals surface area (Å²) in [6.45, 7) is 0.297. The zero-order valence-electron chi connectivity index (χ0n) is 12.6. The number of hydrogen-bond donors (Lipinski definition) is 2. The highest BCUT2D eigenvalue weighted by Crippen LogP contribution is 2.34. The first kappa shape index (κ1) is 17.5. The van der Waals surface area contributed by atoms with Gasteiger partial charge in [0.25, 0.3) is 0 Å². The highest BCUT2D eigenvalue weighted by molar-refractivity contribution is 5.90. The maximum absolute atomic E-state index is 13.9. The molecule has 1 aliphatic rings. The molecule has 1 aliphatic carbocycles. The third kappa shape index (κ3) is 4.13. The molecule has 0 radical (unpaired) electrons. The maximum atomic E-state index is 13.9. The van der Waals surface area contributed by atoms with E-state index in [0.29, 0.717) is 25.5 Å². The molecular formula is C15H18F4N2O2. The topological polar surface area (TPSA) is 50.4 Å². The van der Waals surface area contributed by atoms with E-state index in [0.717, 1.165) is 25.0 Å². The molecule has 1 aromatic carbocycles. The van der Waals surface area contributed by atoms with E-state index in [2.05, 4.69) is 10.6 Å². The lowest BCUT2D eigenvalue weighted by Gasteiger charge is -2.29. The number of nitrogens with one attached hydrogen (secondary N) is 2. The van der Waals surface area contributed by atoms with Gasteiger partial charge in [0.2, 0.25) is 0 Å². The number of urea groups is 1. The van der Waals surface area contributed by atoms with E-state index in [4.69, 9.17) is 4.74 Å². The van der Waals surface area contributed by atoms with E-state index >= 15 is 0 Å². The molecule has 2 N–H and O–H groups in total. The Hall–Kier alpha value is -1.83. The summed E-state index contributed by atoms with van der Waals surface area (Å²) < 4.78 is 57.0. The van der Waals surface area contributed by atoms with Crippen molar-refractivity contribution in [3.63, 3.8) is 0 Å². The van der Waals surface area contributed by atoms with Crippen LogP contribution in [0.1, 0.15) is 31.2 Å². The van der Waals surface area contributed by atoms with Gasteiger partial charge in [-0.05, 0) is 25.0 Å². The summed E-state index contributed by atoms with van der Waals surface area (Å²) in [5.74, 6) is -1.50. The monoisotopic (exact) mass is 334 g/mol. The summed E-state index contributed by atoms with van der Waals surface area (Å²) in [5, 5.41) is 4.86. The second kappa shape index (κ2) is 6.74. The van der Waals surface area contributed by atoms with Crippen LogP contribution in [0, 0.1) is 5.82 Å². The minimum Gasteiger partial charge on any atom is -0.382 e. The number of hydrogen-bond acceptors (Lipinski definition) is 2. The quantitative estimate of drug-likeness (QED) is 0.820. The highest BCUT2D eigenvalue weighted by Gasteiger charge is 2.37. The van der Waals surface area contributed by atoms with Gasteiger partial charge in [0, 0.05) is 7.11 Å². The smallest absolute Gasteiger partial charge is 0.382 e. The summed E-state index contributed by atoms with van der Waals surface area (Å²) in [6.07, 6.45) is -1.57. The third-order valence-corrected chi connectivity index (χ3v) is 3.91. The summed E-state index contributed by atoms with van der Waals surface area (Å²) in [7, 11) is 1.51. The number of rotatable bonds is 4. The second-order valence-corrected chi connectivity index (χ2v) is 5.66. The van der Waals surface area contributed by atoms with Gasteiger partial charge in [-0.2, -0.15) is 13.2 Å². The van der Waals surface area contributed by atoms with E-state index in [1.165, 1.54) is 7.11 Å². The zero-order valence-corrected chi connectivity index (χ0v) is 12.6. The summed E-state index contributed by atoms with van der Waals surface area (Å²) in [5.41, 5.74) is -2.48. The molecule has 4 nitrogen and oxygen atoms in total. The van der Waals surface area contributed by atoms with Gasteiger partial charge < -0.3 is 15.4 Å². The van der Waals surface area contributed by atoms with Crippen molar-refractivity contribution in [1.29, 1.82) is 0 Å². The summed E-state index contributed by atoms with van der Waals surface area (Å²) in [4.78, 5) is 12.0. The fourth-order valence-corrected chi connectivity index (χ4v) is 2.88. The minimum absolute atomic E-state index is 0.297. The lowest BCUT2D eigenvalue weighted by molar-refractivity contribution is -0.139. The van der Waals surface area contributed by atoms with Crippen molar-refractivity contribution in [3.05, 3.63) is 29.6 Å². The minimum atomic E-state index is -4.82. The Kier molecular flexibility index (Phi) is 5.13. The fourth-order valence-electron chi connectivity index (χ4n) is 2.88. The van der Waals surface area contributed by atoms with Gasteiger partial charge in [-0.1, -0.05) is 18.9 Å². The van der Waals surface area contributed by atoms with Gasteiger partial charge in [-0.25, -0.2) is 9.18 Å². The molecular weight excluding hydrogens is 316 g/mol. The molecule has 0 saturated heterocycles. The molecule has 0 bridgehead atoms. The Balaban J connectivity index is 2.11. The molecule has 23 heavy (non-hydrogen) atoms. The number of carbonyl (C=O) groups is 1. The van der Waals surface area contributed by atoms with Gasteiger partial charge in [-0.3, -0.25) is 0 Å². The van der Waals surface area contributed by atoms with Crippen LogP contribution in [0.4, 0.5) is 28.0 Å². The molecule has 0 aliphatic heterocycles. The number of methoxy groups -OCH3 is 1. The van der Waals surface area contributed by atoms with Crippen molar-refractivity contribution >= 4 is 11.7 Å². The van der Waals surface area contributed by atoms with Crippen molar-refractivity contribution in [2.45, 2.75) is 37.4 Å². The van der Waals surface area contributed by atoms with Crippen LogP contribution in [-0.2, 0) is 10.9 Å². The molecule has 8 heteroatoms. The number of carbonyl (C=O) groups excluding carboxylic acids is 1. The van der Waals surface area contributed by atoms with Crippen LogP contribution in [0.2, 0.25) is 0 Å². The van der Waals surface area contributed by atoms with Crippen LogP contribution in [0.25, 0.3) is 0 Å². The van der Waals surface area contributed by atoms with Gasteiger partial charge in [0.1, 0.15) is 0 Å². The number of amides is 2. The Morgan fingerprint density at radius 2 is 1.96 bits per heavy atom. The Morgan fingerprint density at radius 3 is 2.52 bits per heavy atom. The Labute approximate surface area is 131 Å². The van der Waals surface area contributed by atoms with Crippen LogP contribution < -0.4 is 10.6 Å². The molecule has 2 amide bonds. The largest absolute Gasteiger partial charge is 0.419 e. The van der Waals surface area contributed by atoms with Crippen LogP contribution in [0.3, 0.4) is 0 Å². The Bertz CT molecular complexity index is 569. The summed E-state index contributed by atoms with van der Waals surface area (Å²) >= 11 is 0. The van der Waals surface area contributed by atoms with E-state index in [1.807, 2.05) is 0 Å². The van der Waals surface area contributed by atoms with E-state index in [9.17, 15) is 22.4 Å². The van der Waals surface area contributed by atoms with E-state index in [-0.39, 0.29) is 0 Å². The normalized spacial score (nSPS) is 17.1. The van der Waals surface area contributed by atoms with Gasteiger partial charge >= 0.3 is 12.2 Å². The molecule has 0 spiro atoms. The molecule has 1 fully saturated rings. The van der Waals surface area contributed by atoms with E-state index < -0.39 is 34.8 Å². The second-order valence-electron chi connectivity index (χ2n) is 5.66. The van der Waals surface area contributed by atoms with Crippen LogP contribution >= 0.6 is 0 Å². The highest BCUT2D eigenvalue weighted by atomic mass is 19.4. The molecule has 2 rings (SSSR count). The number of benzene rings is 1. The first-order chi connectivity index (χ1) is 10.8. The standard InChI is InChI=1S/C15H18F4N2O2/c1-23-9-14(7-2-3-8-14)21-13(22)20-11-6-4-5-10(12(11)16)15(17,18)19/h4-6H,2-3,7-9H2,1H3,(H2,20,21,22). The molecule has 0 atom stereocenters. The predicted molar refractivity (Wildman–Crippen MR) is 76.6 cm³/mol. The molecule has 1 aromatic rings. The molecule has 0 heterocycles. The Morgan fingerprint density at radius 1 is 1.30 bits per heavy atom. The van der Waals surface area contributed by atoms with Crippen molar-refractivity contribution in [2.24, 2.45) is 0 Å². The van der Waals surface area contributed by atoms with Gasteiger partial charge in [0.05, 0.1) is 23.4 Å². The number of alkyl halides is 3. The first-order valence-corrected chi connectivity index (χ1v) is 7.21. The number of halogens is 4. The SMILES string of the molecule is COCC1(NC(=O)Nc2cccc(C(F)(F)F)c2F)CCCC1. The molecule has 1 saturated carbocycles. The maximum Gasteiger partial charge on any atom is 0.419 e. The average Bonchev–Trinajstić information content (AvgIpc) is 2.88. The van der Waals surface area contributed by atoms with Crippen LogP contribution in [0.5, 0.6) is 0 Å². The van der Waals surface area contributed by atoms with Crippen LogP contribution in [-0.4, -0.2) is 25.3 Å². The lowest BCUT2D eigenvalue weighted by atomic mass is 9.99. The fraction of sp³-hybridized carbons (Fsp3) is 0.533. The predicted octanol–water partition coefficient (Wildman–Crippen LogP) is 3.93. The summed E-state index contributed by atoms with van der Waals surface area (Å²) in [6, 6.07) is 2.01. The van der Waals surface area contributed by atoms with Crippen LogP contribution in [0.15, 0.2) is 18.2 Å². The third-order valence-electron chi connectivity index (χ3n) is 3.91. The molecule has 128 valence electrons.